The number of fused-ring (bicyclic) bond motifs is 1. The van der Waals surface area contributed by atoms with E-state index >= 15 is 0 Å². The van der Waals surface area contributed by atoms with Crippen LogP contribution in [0.4, 0.5) is 11.6 Å². The molecule has 148 valence electrons. The molecule has 1 fully saturated rings. The van der Waals surface area contributed by atoms with Crippen LogP contribution in [-0.2, 0) is 22.9 Å². The second kappa shape index (κ2) is 6.73. The van der Waals surface area contributed by atoms with Crippen LogP contribution in [0.1, 0.15) is 41.4 Å². The number of carbonyl (C=O) groups excluding carboxylic acids is 1. The van der Waals surface area contributed by atoms with E-state index < -0.39 is 15.9 Å². The summed E-state index contributed by atoms with van der Waals surface area (Å²) in [5, 5.41) is 0. The predicted molar refractivity (Wildman–Crippen MR) is 108 cm³/mol. The van der Waals surface area contributed by atoms with E-state index in [9.17, 15) is 13.2 Å². The molecule has 2 aromatic rings. The Morgan fingerprint density at radius 2 is 2.04 bits per heavy atom. The Hall–Kier alpha value is -2.68. The van der Waals surface area contributed by atoms with Crippen LogP contribution >= 0.6 is 0 Å². The standard InChI is InChI=1S/C19H23N5O3S/c1-11-6-7-24(11)19-21-16-5-3-4-15(16)17(22-19)12-8-13(18(20)25)10-14(9-12)23-28(2,26)27/h8-11,23H,3-7H2,1-2H3,(H2,20,25)/t11-/m0/s1. The van der Waals surface area contributed by atoms with Crippen molar-refractivity contribution < 1.29 is 13.2 Å². The molecule has 2 aliphatic rings. The maximum Gasteiger partial charge on any atom is 0.248 e. The Morgan fingerprint density at radius 1 is 1.25 bits per heavy atom. The van der Waals surface area contributed by atoms with Crippen LogP contribution in [0.2, 0.25) is 0 Å². The Bertz CT molecular complexity index is 1070. The third-order valence-electron chi connectivity index (χ3n) is 5.29. The number of amides is 1. The quantitative estimate of drug-likeness (QED) is 0.787. The highest BCUT2D eigenvalue weighted by Crippen LogP contribution is 2.35. The Labute approximate surface area is 164 Å². The monoisotopic (exact) mass is 401 g/mol. The molecular formula is C19H23N5O3S. The van der Waals surface area contributed by atoms with Gasteiger partial charge >= 0.3 is 0 Å². The maximum atomic E-state index is 11.8. The van der Waals surface area contributed by atoms with Gasteiger partial charge in [-0.2, -0.15) is 0 Å². The van der Waals surface area contributed by atoms with Gasteiger partial charge in [0.1, 0.15) is 0 Å². The van der Waals surface area contributed by atoms with Gasteiger partial charge in [-0.25, -0.2) is 18.4 Å². The van der Waals surface area contributed by atoms with Crippen molar-refractivity contribution in [3.8, 4) is 11.3 Å². The molecule has 1 saturated heterocycles. The van der Waals surface area contributed by atoms with Crippen molar-refractivity contribution in [1.29, 1.82) is 0 Å². The number of nitrogens with one attached hydrogen (secondary N) is 1. The minimum atomic E-state index is -3.50. The fourth-order valence-electron chi connectivity index (χ4n) is 3.78. The van der Waals surface area contributed by atoms with Crippen LogP contribution in [-0.4, -0.2) is 43.1 Å². The molecule has 0 bridgehead atoms. The van der Waals surface area contributed by atoms with Gasteiger partial charge in [-0.1, -0.05) is 0 Å². The first-order valence-electron chi connectivity index (χ1n) is 9.31. The molecule has 0 spiro atoms. The maximum absolute atomic E-state index is 11.8. The number of hydrogen-bond acceptors (Lipinski definition) is 6. The van der Waals surface area contributed by atoms with Crippen molar-refractivity contribution in [3.63, 3.8) is 0 Å². The van der Waals surface area contributed by atoms with E-state index in [0.717, 1.165) is 55.4 Å². The lowest BCUT2D eigenvalue weighted by Crippen LogP contribution is -2.46. The van der Waals surface area contributed by atoms with Gasteiger partial charge in [0.2, 0.25) is 21.9 Å². The number of benzene rings is 1. The first kappa shape index (κ1) is 18.7. The Morgan fingerprint density at radius 3 is 2.64 bits per heavy atom. The van der Waals surface area contributed by atoms with Gasteiger partial charge < -0.3 is 10.6 Å². The molecule has 1 aromatic heterocycles. The zero-order valence-corrected chi connectivity index (χ0v) is 16.7. The van der Waals surface area contributed by atoms with E-state index in [2.05, 4.69) is 16.5 Å². The number of rotatable bonds is 5. The number of nitrogens with two attached hydrogens (primary N) is 1. The second-order valence-corrected chi connectivity index (χ2v) is 9.27. The van der Waals surface area contributed by atoms with Gasteiger partial charge in [-0.15, -0.1) is 0 Å². The smallest absolute Gasteiger partial charge is 0.248 e. The normalized spacial score (nSPS) is 18.5. The highest BCUT2D eigenvalue weighted by Gasteiger charge is 2.29. The molecule has 4 rings (SSSR count). The van der Waals surface area contributed by atoms with Crippen molar-refractivity contribution in [2.75, 3.05) is 22.4 Å². The van der Waals surface area contributed by atoms with Gasteiger partial charge in [0.25, 0.3) is 0 Å². The number of aromatic nitrogens is 2. The van der Waals surface area contributed by atoms with E-state index in [4.69, 9.17) is 15.7 Å². The fourth-order valence-corrected chi connectivity index (χ4v) is 4.33. The Kier molecular flexibility index (Phi) is 4.49. The number of anilines is 2. The van der Waals surface area contributed by atoms with Crippen molar-refractivity contribution in [2.45, 2.75) is 38.6 Å². The summed E-state index contributed by atoms with van der Waals surface area (Å²) in [6.07, 6.45) is 4.92. The summed E-state index contributed by atoms with van der Waals surface area (Å²) < 4.78 is 25.8. The molecule has 1 aliphatic carbocycles. The minimum Gasteiger partial charge on any atom is -0.366 e. The van der Waals surface area contributed by atoms with Gasteiger partial charge in [0, 0.05) is 40.7 Å². The first-order chi connectivity index (χ1) is 13.2. The number of carbonyl (C=O) groups is 1. The third-order valence-corrected chi connectivity index (χ3v) is 5.90. The summed E-state index contributed by atoms with van der Waals surface area (Å²) in [5.41, 5.74) is 9.49. The van der Waals surface area contributed by atoms with Gasteiger partial charge in [0.05, 0.1) is 11.9 Å². The molecule has 28 heavy (non-hydrogen) atoms. The van der Waals surface area contributed by atoms with E-state index in [0.29, 0.717) is 17.6 Å². The molecule has 3 N–H and O–H groups in total. The molecule has 0 saturated carbocycles. The first-order valence-corrected chi connectivity index (χ1v) is 11.2. The molecule has 0 radical (unpaired) electrons. The van der Waals surface area contributed by atoms with Gasteiger partial charge in [-0.3, -0.25) is 9.52 Å². The lowest BCUT2D eigenvalue weighted by atomic mass is 10.0. The second-order valence-electron chi connectivity index (χ2n) is 7.52. The van der Waals surface area contributed by atoms with Crippen LogP contribution < -0.4 is 15.4 Å². The van der Waals surface area contributed by atoms with Crippen LogP contribution in [0.25, 0.3) is 11.3 Å². The average Bonchev–Trinajstić information content (AvgIpc) is 3.06. The number of sulfonamides is 1. The molecule has 2 heterocycles. The highest BCUT2D eigenvalue weighted by molar-refractivity contribution is 7.92. The van der Waals surface area contributed by atoms with Crippen molar-refractivity contribution in [2.24, 2.45) is 5.73 Å². The average molecular weight is 401 g/mol. The fraction of sp³-hybridized carbons (Fsp3) is 0.421. The van der Waals surface area contributed by atoms with E-state index in [1.807, 2.05) is 0 Å². The molecular weight excluding hydrogens is 378 g/mol. The molecule has 9 heteroatoms. The number of hydrogen-bond donors (Lipinski definition) is 2. The SMILES string of the molecule is C[C@H]1CCN1c1nc2c(c(-c3cc(NS(C)(=O)=O)cc(C(N)=O)c3)n1)CCC2. The van der Waals surface area contributed by atoms with Crippen molar-refractivity contribution in [1.82, 2.24) is 9.97 Å². The topological polar surface area (TPSA) is 118 Å². The van der Waals surface area contributed by atoms with Gasteiger partial charge in [-0.05, 0) is 50.8 Å². The molecule has 1 aliphatic heterocycles. The summed E-state index contributed by atoms with van der Waals surface area (Å²) in [7, 11) is -3.50. The number of nitrogens with zero attached hydrogens (tertiary/aromatic N) is 3. The van der Waals surface area contributed by atoms with Crippen LogP contribution in [0.5, 0.6) is 0 Å². The zero-order valence-electron chi connectivity index (χ0n) is 15.9. The van der Waals surface area contributed by atoms with Crippen LogP contribution in [0.3, 0.4) is 0 Å². The van der Waals surface area contributed by atoms with E-state index in [-0.39, 0.29) is 11.3 Å². The summed E-state index contributed by atoms with van der Waals surface area (Å²) >= 11 is 0. The number of aryl methyl sites for hydroxylation is 1. The summed E-state index contributed by atoms with van der Waals surface area (Å²) in [6, 6.07) is 5.19. The summed E-state index contributed by atoms with van der Waals surface area (Å²) in [5.74, 6) is 0.0668. The summed E-state index contributed by atoms with van der Waals surface area (Å²) in [6.45, 7) is 3.06. The molecule has 1 atom stereocenters. The third kappa shape index (κ3) is 3.54. The van der Waals surface area contributed by atoms with Crippen LogP contribution in [0, 0.1) is 0 Å². The largest absolute Gasteiger partial charge is 0.366 e. The van der Waals surface area contributed by atoms with Crippen molar-refractivity contribution in [3.05, 3.63) is 35.0 Å². The summed E-state index contributed by atoms with van der Waals surface area (Å²) in [4.78, 5) is 23.5. The predicted octanol–water partition coefficient (Wildman–Crippen LogP) is 1.70. The molecule has 1 amide bonds. The zero-order chi connectivity index (χ0) is 20.1. The number of primary amides is 1. The lowest BCUT2D eigenvalue weighted by Gasteiger charge is -2.39. The molecule has 0 unspecified atom stereocenters. The lowest BCUT2D eigenvalue weighted by molar-refractivity contribution is 0.100. The molecule has 1 aromatic carbocycles. The minimum absolute atomic E-state index is 0.230. The Balaban J connectivity index is 1.87. The van der Waals surface area contributed by atoms with E-state index in [1.165, 1.54) is 6.07 Å². The van der Waals surface area contributed by atoms with Gasteiger partial charge in [0.15, 0.2) is 0 Å². The van der Waals surface area contributed by atoms with E-state index in [1.54, 1.807) is 12.1 Å². The van der Waals surface area contributed by atoms with Crippen molar-refractivity contribution >= 4 is 27.6 Å². The van der Waals surface area contributed by atoms with Crippen LogP contribution in [0.15, 0.2) is 18.2 Å². The highest BCUT2D eigenvalue weighted by atomic mass is 32.2. The molecule has 8 nitrogen and oxygen atoms in total.